The highest BCUT2D eigenvalue weighted by atomic mass is 16.5. The molecule has 0 spiro atoms. The van der Waals surface area contributed by atoms with Crippen LogP contribution in [-0.2, 0) is 19.1 Å². The molecule has 0 aromatic heterocycles. The number of methoxy groups -OCH3 is 1. The Morgan fingerprint density at radius 1 is 1.22 bits per heavy atom. The molecule has 7 nitrogen and oxygen atoms in total. The third-order valence-corrected chi connectivity index (χ3v) is 2.61. The van der Waals surface area contributed by atoms with Gasteiger partial charge in [-0.2, -0.15) is 0 Å². The summed E-state index contributed by atoms with van der Waals surface area (Å²) in [5, 5.41) is 2.41. The first kappa shape index (κ1) is 25.4. The molecule has 0 radical (unpaired) electrons. The highest BCUT2D eigenvalue weighted by Gasteiger charge is 2.32. The number of hydrogen-bond donors (Lipinski definition) is 2. The lowest BCUT2D eigenvalue weighted by atomic mass is 10.2. The fourth-order valence-corrected chi connectivity index (χ4v) is 1.82. The molecule has 1 saturated heterocycles. The molecule has 0 bridgehead atoms. The van der Waals surface area contributed by atoms with E-state index in [0.717, 1.165) is 6.42 Å². The lowest BCUT2D eigenvalue weighted by Gasteiger charge is -2.22. The number of hydrogen-bond acceptors (Lipinski definition) is 4. The SMILES string of the molecule is C#C.C#C.CC.COCC(=O)NCC(=O)N1CCC[C@H]1C(N)=O. The maximum Gasteiger partial charge on any atom is 0.246 e. The number of carbonyl (C=O) groups excluding carboxylic acids is 3. The van der Waals surface area contributed by atoms with Crippen molar-refractivity contribution in [1.82, 2.24) is 10.2 Å². The Hall–Kier alpha value is -2.51. The second-order valence-corrected chi connectivity index (χ2v) is 3.86. The van der Waals surface area contributed by atoms with Gasteiger partial charge in [0, 0.05) is 13.7 Å². The summed E-state index contributed by atoms with van der Waals surface area (Å²) in [7, 11) is 1.39. The third-order valence-electron chi connectivity index (χ3n) is 2.61. The van der Waals surface area contributed by atoms with Gasteiger partial charge in [-0.05, 0) is 12.8 Å². The van der Waals surface area contributed by atoms with Gasteiger partial charge >= 0.3 is 0 Å². The van der Waals surface area contributed by atoms with Gasteiger partial charge in [-0.15, -0.1) is 25.7 Å². The van der Waals surface area contributed by atoms with Crippen molar-refractivity contribution in [1.29, 1.82) is 0 Å². The van der Waals surface area contributed by atoms with Crippen LogP contribution in [0, 0.1) is 25.7 Å². The molecule has 130 valence electrons. The van der Waals surface area contributed by atoms with E-state index in [1.165, 1.54) is 12.0 Å². The monoisotopic (exact) mass is 325 g/mol. The van der Waals surface area contributed by atoms with Gasteiger partial charge in [0.25, 0.3) is 0 Å². The van der Waals surface area contributed by atoms with Crippen LogP contribution in [0.25, 0.3) is 0 Å². The zero-order valence-corrected chi connectivity index (χ0v) is 14.1. The number of likely N-dealkylation sites (tertiary alicyclic amines) is 1. The van der Waals surface area contributed by atoms with Crippen LogP contribution in [0.5, 0.6) is 0 Å². The standard InChI is InChI=1S/C10H17N3O4.C2H6.2C2H2/c1-17-6-8(14)12-5-9(15)13-4-2-3-7(13)10(11)16;3*1-2/h7H,2-6H2,1H3,(H2,11,16)(H,12,14);1-2H3;2*1-2H/t7-;;;/m0.../s1. The lowest BCUT2D eigenvalue weighted by molar-refractivity contribution is -0.138. The van der Waals surface area contributed by atoms with Crippen molar-refractivity contribution in [3.8, 4) is 25.7 Å². The smallest absolute Gasteiger partial charge is 0.246 e. The van der Waals surface area contributed by atoms with Crippen molar-refractivity contribution in [2.24, 2.45) is 5.73 Å². The number of terminal acetylenes is 2. The fourth-order valence-electron chi connectivity index (χ4n) is 1.82. The molecular formula is C16H27N3O4. The Morgan fingerprint density at radius 2 is 1.74 bits per heavy atom. The molecule has 3 amide bonds. The molecule has 1 aliphatic rings. The van der Waals surface area contributed by atoms with Gasteiger partial charge in [0.2, 0.25) is 17.7 Å². The molecule has 1 heterocycles. The van der Waals surface area contributed by atoms with E-state index < -0.39 is 11.9 Å². The number of rotatable bonds is 5. The van der Waals surface area contributed by atoms with Crippen LogP contribution in [0.2, 0.25) is 0 Å². The van der Waals surface area contributed by atoms with Crippen molar-refractivity contribution in [2.75, 3.05) is 26.8 Å². The Bertz CT molecular complexity index is 385. The van der Waals surface area contributed by atoms with Crippen LogP contribution in [0.4, 0.5) is 0 Å². The third kappa shape index (κ3) is 10.8. The Morgan fingerprint density at radius 3 is 2.17 bits per heavy atom. The minimum atomic E-state index is -0.540. The topological polar surface area (TPSA) is 102 Å². The zero-order chi connectivity index (χ0) is 18.8. The number of nitrogens with two attached hydrogens (primary N) is 1. The van der Waals surface area contributed by atoms with Crippen molar-refractivity contribution < 1.29 is 19.1 Å². The molecule has 0 aromatic carbocycles. The highest BCUT2D eigenvalue weighted by molar-refractivity contribution is 5.90. The first-order valence-electron chi connectivity index (χ1n) is 7.07. The van der Waals surface area contributed by atoms with Crippen molar-refractivity contribution in [2.45, 2.75) is 32.7 Å². The van der Waals surface area contributed by atoms with Gasteiger partial charge in [0.05, 0.1) is 6.54 Å². The van der Waals surface area contributed by atoms with E-state index in [4.69, 9.17) is 5.73 Å². The maximum absolute atomic E-state index is 11.7. The van der Waals surface area contributed by atoms with Gasteiger partial charge < -0.3 is 20.7 Å². The quantitative estimate of drug-likeness (QED) is 0.681. The number of nitrogens with zero attached hydrogens (tertiary/aromatic N) is 1. The second-order valence-electron chi connectivity index (χ2n) is 3.86. The maximum atomic E-state index is 11.7. The normalized spacial score (nSPS) is 14.6. The van der Waals surface area contributed by atoms with Crippen molar-refractivity contribution in [3.63, 3.8) is 0 Å². The Balaban J connectivity index is -0.000000595. The Labute approximate surface area is 138 Å². The predicted octanol–water partition coefficient (Wildman–Crippen LogP) is -0.250. The van der Waals surface area contributed by atoms with Crippen LogP contribution in [0.15, 0.2) is 0 Å². The van der Waals surface area contributed by atoms with E-state index >= 15 is 0 Å². The van der Waals surface area contributed by atoms with Crippen molar-refractivity contribution >= 4 is 17.7 Å². The summed E-state index contributed by atoms with van der Waals surface area (Å²) in [6.07, 6.45) is 17.3. The summed E-state index contributed by atoms with van der Waals surface area (Å²) in [4.78, 5) is 35.3. The van der Waals surface area contributed by atoms with Crippen LogP contribution in [-0.4, -0.2) is 55.5 Å². The summed E-state index contributed by atoms with van der Waals surface area (Å²) in [6, 6.07) is -0.540. The number of amides is 3. The Kier molecular flexibility index (Phi) is 19.4. The molecule has 1 aliphatic heterocycles. The summed E-state index contributed by atoms with van der Waals surface area (Å²) in [5.74, 6) is -1.16. The molecule has 1 atom stereocenters. The second kappa shape index (κ2) is 17.5. The molecule has 7 heteroatoms. The molecule has 0 unspecified atom stereocenters. The average molecular weight is 325 g/mol. The number of primary amides is 1. The summed E-state index contributed by atoms with van der Waals surface area (Å²) in [5.41, 5.74) is 5.19. The summed E-state index contributed by atoms with van der Waals surface area (Å²) < 4.78 is 4.61. The van der Waals surface area contributed by atoms with Gasteiger partial charge in [0.1, 0.15) is 12.6 Å². The van der Waals surface area contributed by atoms with E-state index in [0.29, 0.717) is 13.0 Å². The molecule has 1 rings (SSSR count). The minimum absolute atomic E-state index is 0.0907. The largest absolute Gasteiger partial charge is 0.375 e. The number of carbonyl (C=O) groups is 3. The van der Waals surface area contributed by atoms with E-state index in [1.54, 1.807) is 0 Å². The van der Waals surface area contributed by atoms with E-state index in [1.807, 2.05) is 13.8 Å². The fraction of sp³-hybridized carbons (Fsp3) is 0.562. The van der Waals surface area contributed by atoms with Crippen LogP contribution >= 0.6 is 0 Å². The molecule has 0 saturated carbocycles. The molecule has 0 aliphatic carbocycles. The number of nitrogens with one attached hydrogen (secondary N) is 1. The van der Waals surface area contributed by atoms with Gasteiger partial charge in [-0.1, -0.05) is 13.8 Å². The van der Waals surface area contributed by atoms with Gasteiger partial charge in [-0.3, -0.25) is 14.4 Å². The molecule has 1 fully saturated rings. The zero-order valence-electron chi connectivity index (χ0n) is 14.1. The predicted molar refractivity (Wildman–Crippen MR) is 89.9 cm³/mol. The average Bonchev–Trinajstić information content (AvgIpc) is 3.08. The van der Waals surface area contributed by atoms with Gasteiger partial charge in [-0.25, -0.2) is 0 Å². The number of ether oxygens (including phenoxy) is 1. The molecule has 23 heavy (non-hydrogen) atoms. The molecule has 0 aromatic rings. The van der Waals surface area contributed by atoms with Crippen LogP contribution in [0.1, 0.15) is 26.7 Å². The van der Waals surface area contributed by atoms with Crippen LogP contribution in [0.3, 0.4) is 0 Å². The minimum Gasteiger partial charge on any atom is -0.375 e. The van der Waals surface area contributed by atoms with Gasteiger partial charge in [0.15, 0.2) is 0 Å². The molecule has 3 N–H and O–H groups in total. The van der Waals surface area contributed by atoms with E-state index in [-0.39, 0.29) is 25.0 Å². The lowest BCUT2D eigenvalue weighted by Crippen LogP contribution is -2.47. The van der Waals surface area contributed by atoms with Crippen LogP contribution < -0.4 is 11.1 Å². The van der Waals surface area contributed by atoms with E-state index in [2.05, 4.69) is 35.7 Å². The van der Waals surface area contributed by atoms with Crippen molar-refractivity contribution in [3.05, 3.63) is 0 Å². The first-order valence-corrected chi connectivity index (χ1v) is 7.07. The summed E-state index contributed by atoms with van der Waals surface area (Å²) >= 11 is 0. The molecular weight excluding hydrogens is 298 g/mol. The highest BCUT2D eigenvalue weighted by Crippen LogP contribution is 2.16. The summed E-state index contributed by atoms with van der Waals surface area (Å²) in [6.45, 7) is 4.28. The first-order chi connectivity index (χ1) is 11.1. The van der Waals surface area contributed by atoms with E-state index in [9.17, 15) is 14.4 Å².